The Kier molecular flexibility index (Phi) is 5.08. The number of nitrogens with one attached hydrogen (secondary N) is 1. The number of nitrogens with zero attached hydrogens (tertiary/aromatic N) is 2. The molecule has 3 rings (SSSR count). The molecule has 3 aromatic rings. The highest BCUT2D eigenvalue weighted by Gasteiger charge is 2.21. The van der Waals surface area contributed by atoms with Crippen LogP contribution in [-0.2, 0) is 0 Å². The van der Waals surface area contributed by atoms with Gasteiger partial charge in [0, 0.05) is 16.6 Å². The highest BCUT2D eigenvalue weighted by Crippen LogP contribution is 2.45. The van der Waals surface area contributed by atoms with Gasteiger partial charge in [0.15, 0.2) is 17.3 Å². The van der Waals surface area contributed by atoms with E-state index in [0.29, 0.717) is 28.2 Å². The molecule has 0 spiro atoms. The molecule has 2 aromatic carbocycles. The van der Waals surface area contributed by atoms with E-state index in [4.69, 9.17) is 14.2 Å². The number of hydrogen-bond donors (Lipinski definition) is 1. The van der Waals surface area contributed by atoms with E-state index in [1.54, 1.807) is 6.07 Å². The first kappa shape index (κ1) is 18.1. The molecular formula is C17H14BrF2N3O3. The van der Waals surface area contributed by atoms with Crippen LogP contribution in [0.25, 0.3) is 10.9 Å². The number of ether oxygens (including phenoxy) is 3. The lowest BCUT2D eigenvalue weighted by molar-refractivity contribution is 0.327. The van der Waals surface area contributed by atoms with E-state index >= 15 is 0 Å². The first-order chi connectivity index (χ1) is 12.5. The standard InChI is InChI=1S/C17H14BrF2N3O3/c1-24-12-6-11-13(16(26-3)15(12)25-2)17(22-7-21-11)23-14-9(18)4-8(19)5-10(14)20/h4-7H,1-3H3,(H,21,22,23). The van der Waals surface area contributed by atoms with Crippen molar-refractivity contribution in [2.24, 2.45) is 0 Å². The minimum Gasteiger partial charge on any atom is -0.493 e. The zero-order chi connectivity index (χ0) is 18.8. The molecule has 6 nitrogen and oxygen atoms in total. The second-order valence-corrected chi connectivity index (χ2v) is 5.99. The molecule has 1 N–H and O–H groups in total. The number of anilines is 2. The number of methoxy groups -OCH3 is 3. The second-order valence-electron chi connectivity index (χ2n) is 5.13. The average Bonchev–Trinajstić information content (AvgIpc) is 2.62. The highest BCUT2D eigenvalue weighted by molar-refractivity contribution is 9.10. The van der Waals surface area contributed by atoms with Crippen LogP contribution in [0.5, 0.6) is 17.2 Å². The van der Waals surface area contributed by atoms with Gasteiger partial charge in [-0.2, -0.15) is 0 Å². The van der Waals surface area contributed by atoms with Crippen molar-refractivity contribution < 1.29 is 23.0 Å². The summed E-state index contributed by atoms with van der Waals surface area (Å²) in [5.41, 5.74) is 0.527. The maximum Gasteiger partial charge on any atom is 0.204 e. The Bertz CT molecular complexity index is 962. The Balaban J connectivity index is 2.25. The van der Waals surface area contributed by atoms with Crippen molar-refractivity contribution in [2.75, 3.05) is 26.6 Å². The lowest BCUT2D eigenvalue weighted by Crippen LogP contribution is -2.03. The molecule has 0 saturated heterocycles. The van der Waals surface area contributed by atoms with E-state index in [0.717, 1.165) is 12.1 Å². The zero-order valence-corrected chi connectivity index (χ0v) is 15.6. The third kappa shape index (κ3) is 3.10. The second kappa shape index (κ2) is 7.28. The van der Waals surface area contributed by atoms with Crippen LogP contribution in [0.4, 0.5) is 20.3 Å². The summed E-state index contributed by atoms with van der Waals surface area (Å²) in [5, 5.41) is 3.32. The number of hydrogen-bond acceptors (Lipinski definition) is 6. The van der Waals surface area contributed by atoms with Gasteiger partial charge in [-0.15, -0.1) is 0 Å². The van der Waals surface area contributed by atoms with Gasteiger partial charge < -0.3 is 19.5 Å². The molecule has 0 aliphatic heterocycles. The first-order valence-corrected chi connectivity index (χ1v) is 8.14. The van der Waals surface area contributed by atoms with Crippen molar-refractivity contribution in [3.05, 3.63) is 40.6 Å². The number of halogens is 3. The van der Waals surface area contributed by atoms with E-state index < -0.39 is 11.6 Å². The summed E-state index contributed by atoms with van der Waals surface area (Å²) in [5.74, 6) is -0.114. The molecule has 0 radical (unpaired) electrons. The van der Waals surface area contributed by atoms with Crippen LogP contribution in [0.15, 0.2) is 29.0 Å². The normalized spacial score (nSPS) is 10.7. The van der Waals surface area contributed by atoms with Crippen molar-refractivity contribution in [3.63, 3.8) is 0 Å². The summed E-state index contributed by atoms with van der Waals surface area (Å²) in [7, 11) is 4.43. The summed E-state index contributed by atoms with van der Waals surface area (Å²) < 4.78 is 43.9. The zero-order valence-electron chi connectivity index (χ0n) is 14.1. The summed E-state index contributed by atoms with van der Waals surface area (Å²) >= 11 is 3.14. The predicted molar refractivity (Wildman–Crippen MR) is 96.5 cm³/mol. The lowest BCUT2D eigenvalue weighted by Gasteiger charge is -2.17. The predicted octanol–water partition coefficient (Wildman–Crippen LogP) is 4.44. The Morgan fingerprint density at radius 2 is 1.69 bits per heavy atom. The van der Waals surface area contributed by atoms with Crippen LogP contribution < -0.4 is 19.5 Å². The van der Waals surface area contributed by atoms with Gasteiger partial charge in [-0.3, -0.25) is 0 Å². The van der Waals surface area contributed by atoms with Crippen LogP contribution in [0.3, 0.4) is 0 Å². The maximum atomic E-state index is 14.2. The lowest BCUT2D eigenvalue weighted by atomic mass is 10.1. The van der Waals surface area contributed by atoms with Gasteiger partial charge in [-0.1, -0.05) is 0 Å². The van der Waals surface area contributed by atoms with E-state index in [2.05, 4.69) is 31.2 Å². The summed E-state index contributed by atoms with van der Waals surface area (Å²) in [6, 6.07) is 3.58. The van der Waals surface area contributed by atoms with Crippen LogP contribution in [0, 0.1) is 11.6 Å². The molecule has 0 unspecified atom stereocenters. The molecule has 0 saturated carbocycles. The molecule has 0 fully saturated rings. The van der Waals surface area contributed by atoms with E-state index in [-0.39, 0.29) is 16.0 Å². The molecule has 0 bridgehead atoms. The molecule has 0 amide bonds. The Morgan fingerprint density at radius 1 is 0.962 bits per heavy atom. The van der Waals surface area contributed by atoms with Gasteiger partial charge in [0.05, 0.1) is 37.9 Å². The fraction of sp³-hybridized carbons (Fsp3) is 0.176. The Labute approximate surface area is 156 Å². The third-order valence-corrected chi connectivity index (χ3v) is 4.31. The van der Waals surface area contributed by atoms with Gasteiger partial charge in [-0.25, -0.2) is 18.7 Å². The smallest absolute Gasteiger partial charge is 0.204 e. The monoisotopic (exact) mass is 425 g/mol. The van der Waals surface area contributed by atoms with Crippen molar-refractivity contribution in [2.45, 2.75) is 0 Å². The van der Waals surface area contributed by atoms with E-state index in [1.165, 1.54) is 27.7 Å². The number of rotatable bonds is 5. The van der Waals surface area contributed by atoms with Gasteiger partial charge in [0.2, 0.25) is 5.75 Å². The van der Waals surface area contributed by atoms with Crippen LogP contribution in [0.2, 0.25) is 0 Å². The highest BCUT2D eigenvalue weighted by atomic mass is 79.9. The number of benzene rings is 2. The molecule has 0 atom stereocenters. The minimum absolute atomic E-state index is 0.0308. The van der Waals surface area contributed by atoms with E-state index in [9.17, 15) is 8.78 Å². The molecule has 9 heteroatoms. The minimum atomic E-state index is -0.775. The van der Waals surface area contributed by atoms with Crippen LogP contribution >= 0.6 is 15.9 Å². The van der Waals surface area contributed by atoms with Gasteiger partial charge >= 0.3 is 0 Å². The number of fused-ring (bicyclic) bond motifs is 1. The Morgan fingerprint density at radius 3 is 2.31 bits per heavy atom. The number of aromatic nitrogens is 2. The molecule has 1 aromatic heterocycles. The summed E-state index contributed by atoms with van der Waals surface area (Å²) in [6.07, 6.45) is 1.31. The fourth-order valence-corrected chi connectivity index (χ4v) is 3.07. The van der Waals surface area contributed by atoms with Gasteiger partial charge in [-0.05, 0) is 22.0 Å². The van der Waals surface area contributed by atoms with E-state index in [1.807, 2.05) is 0 Å². The Hall–Kier alpha value is -2.68. The van der Waals surface area contributed by atoms with Crippen molar-refractivity contribution in [3.8, 4) is 17.2 Å². The van der Waals surface area contributed by atoms with Gasteiger partial charge in [0.25, 0.3) is 0 Å². The topological polar surface area (TPSA) is 65.5 Å². The molecule has 26 heavy (non-hydrogen) atoms. The molecule has 0 aliphatic carbocycles. The van der Waals surface area contributed by atoms with Crippen molar-refractivity contribution in [1.82, 2.24) is 9.97 Å². The van der Waals surface area contributed by atoms with Crippen molar-refractivity contribution >= 4 is 38.3 Å². The maximum absolute atomic E-state index is 14.2. The largest absolute Gasteiger partial charge is 0.493 e. The van der Waals surface area contributed by atoms with Crippen molar-refractivity contribution in [1.29, 1.82) is 0 Å². The molecule has 1 heterocycles. The summed E-state index contributed by atoms with van der Waals surface area (Å²) in [4.78, 5) is 8.37. The molecule has 0 aliphatic rings. The third-order valence-electron chi connectivity index (χ3n) is 3.68. The van der Waals surface area contributed by atoms with Crippen LogP contribution in [0.1, 0.15) is 0 Å². The SMILES string of the molecule is COc1cc2ncnc(Nc3c(F)cc(F)cc3Br)c2c(OC)c1OC. The van der Waals surface area contributed by atoms with Crippen LogP contribution in [-0.4, -0.2) is 31.3 Å². The molecular weight excluding hydrogens is 412 g/mol. The fourth-order valence-electron chi connectivity index (χ4n) is 2.56. The first-order valence-electron chi connectivity index (χ1n) is 7.35. The average molecular weight is 426 g/mol. The van der Waals surface area contributed by atoms with Gasteiger partial charge in [0.1, 0.15) is 18.0 Å². The summed E-state index contributed by atoms with van der Waals surface area (Å²) in [6.45, 7) is 0. The quantitative estimate of drug-likeness (QED) is 0.651. The molecule has 136 valence electrons.